The molecule has 0 aromatic rings. The van der Waals surface area contributed by atoms with E-state index >= 15 is 0 Å². The van der Waals surface area contributed by atoms with Gasteiger partial charge in [0.15, 0.2) is 6.10 Å². The Bertz CT molecular complexity index is 335. The second kappa shape index (κ2) is 5.61. The van der Waals surface area contributed by atoms with Crippen molar-refractivity contribution in [3.63, 3.8) is 0 Å². The van der Waals surface area contributed by atoms with E-state index in [4.69, 9.17) is 0 Å². The predicted octanol–water partition coefficient (Wildman–Crippen LogP) is -0.678. The van der Waals surface area contributed by atoms with Crippen LogP contribution in [0.1, 0.15) is 6.42 Å². The lowest BCUT2D eigenvalue weighted by molar-refractivity contribution is -0.155. The van der Waals surface area contributed by atoms with Crippen LogP contribution in [0.15, 0.2) is 0 Å². The van der Waals surface area contributed by atoms with Gasteiger partial charge in [-0.15, -0.1) is 0 Å². The van der Waals surface area contributed by atoms with Crippen LogP contribution in [0.3, 0.4) is 0 Å². The molecule has 0 bridgehead atoms. The van der Waals surface area contributed by atoms with Crippen molar-refractivity contribution in [3.8, 4) is 0 Å². The molecule has 0 rings (SSSR count). The Hall–Kier alpha value is -1.22. The number of carbonyl (C=O) groups excluding carboxylic acids is 2. The van der Waals surface area contributed by atoms with Crippen molar-refractivity contribution in [2.75, 3.05) is 14.2 Å². The molecule has 7 nitrogen and oxygen atoms in total. The highest BCUT2D eigenvalue weighted by Crippen LogP contribution is 2.08. The Kier molecular flexibility index (Phi) is 5.15. The van der Waals surface area contributed by atoms with E-state index in [2.05, 4.69) is 13.7 Å². The van der Waals surface area contributed by atoms with Crippen LogP contribution >= 0.6 is 0 Å². The number of methoxy groups -OCH3 is 2. The lowest BCUT2D eigenvalue weighted by Gasteiger charge is -2.10. The molecule has 0 N–H and O–H groups in total. The van der Waals surface area contributed by atoms with E-state index in [-0.39, 0.29) is 0 Å². The number of carbonyl (C=O) groups is 2. The van der Waals surface area contributed by atoms with Gasteiger partial charge in [0.1, 0.15) is 0 Å². The normalized spacial score (nSPS) is 13.0. The fourth-order valence-electron chi connectivity index (χ4n) is 0.662. The summed E-state index contributed by atoms with van der Waals surface area (Å²) in [4.78, 5) is 21.6. The average molecular weight is 244 g/mol. The van der Waals surface area contributed by atoms with Gasteiger partial charge in [-0.3, -0.25) is 4.79 Å². The Labute approximate surface area is 85.5 Å². The summed E-state index contributed by atoms with van der Waals surface area (Å²) in [5, 5.41) is 0. The summed E-state index contributed by atoms with van der Waals surface area (Å²) < 4.78 is 44.2. The maximum absolute atomic E-state index is 12.1. The van der Waals surface area contributed by atoms with Crippen LogP contribution in [-0.4, -0.2) is 40.7 Å². The zero-order valence-electron chi connectivity index (χ0n) is 7.93. The quantitative estimate of drug-likeness (QED) is 0.467. The molecule has 1 atom stereocenters. The molecule has 0 aromatic carbocycles. The second-order valence-electron chi connectivity index (χ2n) is 2.28. The lowest BCUT2D eigenvalue weighted by Crippen LogP contribution is -2.30. The van der Waals surface area contributed by atoms with Crippen LogP contribution in [-0.2, 0) is 33.7 Å². The Morgan fingerprint density at radius 3 is 2.13 bits per heavy atom. The third-order valence-corrected chi connectivity index (χ3v) is 1.74. The van der Waals surface area contributed by atoms with Crippen molar-refractivity contribution in [1.82, 2.24) is 0 Å². The van der Waals surface area contributed by atoms with Gasteiger partial charge in [-0.05, 0) is 0 Å². The number of rotatable bonds is 5. The molecule has 88 valence electrons. The number of esters is 2. The maximum Gasteiger partial charge on any atom is 0.438 e. The molecule has 0 aliphatic heterocycles. The summed E-state index contributed by atoms with van der Waals surface area (Å²) in [5.74, 6) is -2.13. The molecular weight excluding hydrogens is 235 g/mol. The first-order chi connectivity index (χ1) is 6.80. The van der Waals surface area contributed by atoms with Crippen molar-refractivity contribution in [2.24, 2.45) is 0 Å². The van der Waals surface area contributed by atoms with Gasteiger partial charge in [0, 0.05) is 0 Å². The van der Waals surface area contributed by atoms with Crippen molar-refractivity contribution in [1.29, 1.82) is 0 Å². The van der Waals surface area contributed by atoms with Crippen LogP contribution in [0.4, 0.5) is 3.89 Å². The molecule has 0 unspecified atom stereocenters. The molecule has 0 aliphatic carbocycles. The van der Waals surface area contributed by atoms with E-state index in [1.54, 1.807) is 0 Å². The summed E-state index contributed by atoms with van der Waals surface area (Å²) in [6.07, 6.45) is -2.63. The van der Waals surface area contributed by atoms with Gasteiger partial charge in [-0.2, -0.15) is 8.42 Å². The molecule has 0 radical (unpaired) electrons. The zero-order chi connectivity index (χ0) is 12.1. The lowest BCUT2D eigenvalue weighted by atomic mass is 10.2. The van der Waals surface area contributed by atoms with Crippen molar-refractivity contribution in [2.45, 2.75) is 12.5 Å². The van der Waals surface area contributed by atoms with Crippen molar-refractivity contribution < 1.29 is 35.5 Å². The fraction of sp³-hybridized carbons (Fsp3) is 0.667. The minimum absolute atomic E-state index is 0.758. The SMILES string of the molecule is COC(=O)C[C@@H](OS(=O)(=O)F)C(=O)OC. The van der Waals surface area contributed by atoms with Crippen LogP contribution in [0.5, 0.6) is 0 Å². The topological polar surface area (TPSA) is 96.0 Å². The summed E-state index contributed by atoms with van der Waals surface area (Å²) in [6, 6.07) is 0. The number of halogens is 1. The average Bonchev–Trinajstić information content (AvgIpc) is 2.13. The van der Waals surface area contributed by atoms with Crippen LogP contribution in [0, 0.1) is 0 Å². The minimum atomic E-state index is -5.34. The molecule has 15 heavy (non-hydrogen) atoms. The Morgan fingerprint density at radius 1 is 1.27 bits per heavy atom. The van der Waals surface area contributed by atoms with Gasteiger partial charge >= 0.3 is 22.4 Å². The molecule has 9 heteroatoms. The van der Waals surface area contributed by atoms with Crippen molar-refractivity contribution >= 4 is 22.4 Å². The molecule has 0 spiro atoms. The van der Waals surface area contributed by atoms with Crippen LogP contribution in [0.2, 0.25) is 0 Å². The third-order valence-electron chi connectivity index (χ3n) is 1.27. The monoisotopic (exact) mass is 244 g/mol. The van der Waals surface area contributed by atoms with Gasteiger partial charge in [-0.25, -0.2) is 8.98 Å². The first-order valence-corrected chi connectivity index (χ1v) is 4.88. The van der Waals surface area contributed by atoms with Gasteiger partial charge in [-0.1, -0.05) is 3.89 Å². The summed E-state index contributed by atoms with van der Waals surface area (Å²) >= 11 is 0. The highest BCUT2D eigenvalue weighted by molar-refractivity contribution is 7.81. The molecule has 0 aliphatic rings. The van der Waals surface area contributed by atoms with Gasteiger partial charge in [0.2, 0.25) is 0 Å². The summed E-state index contributed by atoms with van der Waals surface area (Å²) in [7, 11) is -3.40. The highest BCUT2D eigenvalue weighted by Gasteiger charge is 2.29. The fourth-order valence-corrected chi connectivity index (χ4v) is 1.09. The van der Waals surface area contributed by atoms with E-state index < -0.39 is 35.0 Å². The standard InChI is InChI=1S/C6H9FO7S/c1-12-5(8)3-4(6(9)13-2)14-15(7,10)11/h4H,3H2,1-2H3/t4-/m1/s1. The zero-order valence-corrected chi connectivity index (χ0v) is 8.74. The molecule has 0 amide bonds. The second-order valence-corrected chi connectivity index (χ2v) is 3.26. The predicted molar refractivity (Wildman–Crippen MR) is 43.5 cm³/mol. The highest BCUT2D eigenvalue weighted by atomic mass is 32.3. The van der Waals surface area contributed by atoms with E-state index in [0.717, 1.165) is 14.2 Å². The molecule has 0 fully saturated rings. The number of hydrogen-bond acceptors (Lipinski definition) is 7. The smallest absolute Gasteiger partial charge is 0.438 e. The third kappa shape index (κ3) is 5.96. The van der Waals surface area contributed by atoms with Crippen LogP contribution < -0.4 is 0 Å². The molecular formula is C6H9FO7S. The summed E-state index contributed by atoms with van der Waals surface area (Å²) in [5.41, 5.74) is 0. The van der Waals surface area contributed by atoms with E-state index in [1.807, 2.05) is 0 Å². The van der Waals surface area contributed by atoms with E-state index in [9.17, 15) is 21.9 Å². The molecule has 0 heterocycles. The number of hydrogen-bond donors (Lipinski definition) is 0. The largest absolute Gasteiger partial charge is 0.469 e. The first-order valence-electron chi connectivity index (χ1n) is 3.57. The Morgan fingerprint density at radius 2 is 1.80 bits per heavy atom. The van der Waals surface area contributed by atoms with Crippen molar-refractivity contribution in [3.05, 3.63) is 0 Å². The van der Waals surface area contributed by atoms with Gasteiger partial charge in [0.05, 0.1) is 20.6 Å². The van der Waals surface area contributed by atoms with E-state index in [1.165, 1.54) is 0 Å². The Balaban J connectivity index is 4.60. The molecule has 0 saturated carbocycles. The minimum Gasteiger partial charge on any atom is -0.469 e. The maximum atomic E-state index is 12.1. The molecule has 0 aromatic heterocycles. The number of ether oxygens (including phenoxy) is 2. The molecule has 0 saturated heterocycles. The van der Waals surface area contributed by atoms with Gasteiger partial charge in [0.25, 0.3) is 0 Å². The first kappa shape index (κ1) is 13.8. The summed E-state index contributed by atoms with van der Waals surface area (Å²) in [6.45, 7) is 0. The van der Waals surface area contributed by atoms with Crippen LogP contribution in [0.25, 0.3) is 0 Å². The van der Waals surface area contributed by atoms with Gasteiger partial charge < -0.3 is 9.47 Å². The van der Waals surface area contributed by atoms with E-state index in [0.29, 0.717) is 0 Å².